The van der Waals surface area contributed by atoms with Crippen LogP contribution in [0.4, 0.5) is 0 Å². The Morgan fingerprint density at radius 2 is 1.14 bits per heavy atom. The zero-order chi connectivity index (χ0) is 10.6. The number of Topliss-reactive ketones (excluding diaryl/α,β-unsaturated/α-hetero) is 1. The zero-order valence-corrected chi connectivity index (χ0v) is 9.13. The molecule has 0 aliphatic carbocycles. The molecule has 0 unspecified atom stereocenters. The second kappa shape index (κ2) is 10.7. The Bertz CT molecular complexity index is 123. The molecule has 0 amide bonds. The van der Waals surface area contributed by atoms with Crippen LogP contribution in [0.1, 0.15) is 51.4 Å². The molecular weight excluding hydrogens is 176 g/mol. The molecule has 0 aliphatic heterocycles. The summed E-state index contributed by atoms with van der Waals surface area (Å²) in [6, 6.07) is 0. The first-order valence-corrected chi connectivity index (χ1v) is 5.73. The first-order chi connectivity index (χ1) is 6.81. The van der Waals surface area contributed by atoms with E-state index in [0.717, 1.165) is 64.5 Å². The summed E-state index contributed by atoms with van der Waals surface area (Å²) in [6.07, 6.45) is 7.75. The molecule has 0 aromatic heterocycles. The first kappa shape index (κ1) is 13.6. The van der Waals surface area contributed by atoms with E-state index in [4.69, 9.17) is 11.5 Å². The minimum absolute atomic E-state index is 0.402. The topological polar surface area (TPSA) is 69.1 Å². The van der Waals surface area contributed by atoms with Gasteiger partial charge in [-0.05, 0) is 38.8 Å². The van der Waals surface area contributed by atoms with Gasteiger partial charge < -0.3 is 11.5 Å². The molecule has 0 aliphatic rings. The fraction of sp³-hybridized carbons (Fsp3) is 0.909. The summed E-state index contributed by atoms with van der Waals surface area (Å²) in [7, 11) is 0. The predicted octanol–water partition coefficient (Wildman–Crippen LogP) is 1.59. The van der Waals surface area contributed by atoms with Crippen LogP contribution in [0, 0.1) is 0 Å². The largest absolute Gasteiger partial charge is 0.330 e. The fourth-order valence-electron chi connectivity index (χ4n) is 1.41. The van der Waals surface area contributed by atoms with Gasteiger partial charge in [-0.15, -0.1) is 0 Å². The molecule has 3 heteroatoms. The lowest BCUT2D eigenvalue weighted by molar-refractivity contribution is -0.119. The van der Waals surface area contributed by atoms with Crippen molar-refractivity contribution in [3.63, 3.8) is 0 Å². The van der Waals surface area contributed by atoms with Crippen LogP contribution in [0.15, 0.2) is 0 Å². The van der Waals surface area contributed by atoms with Crippen molar-refractivity contribution < 1.29 is 4.79 Å². The predicted molar refractivity (Wildman–Crippen MR) is 60.1 cm³/mol. The molecule has 0 radical (unpaired) electrons. The average Bonchev–Trinajstić information content (AvgIpc) is 2.19. The number of hydrogen-bond donors (Lipinski definition) is 2. The third kappa shape index (κ3) is 9.68. The van der Waals surface area contributed by atoms with Gasteiger partial charge in [-0.3, -0.25) is 4.79 Å². The molecule has 0 saturated carbocycles. The lowest BCUT2D eigenvalue weighted by Crippen LogP contribution is -2.02. The highest BCUT2D eigenvalue weighted by Crippen LogP contribution is 2.05. The summed E-state index contributed by atoms with van der Waals surface area (Å²) in [5, 5.41) is 0. The first-order valence-electron chi connectivity index (χ1n) is 5.73. The van der Waals surface area contributed by atoms with E-state index in [9.17, 15) is 4.79 Å². The summed E-state index contributed by atoms with van der Waals surface area (Å²) in [5.74, 6) is 0.402. The second-order valence-electron chi connectivity index (χ2n) is 3.74. The van der Waals surface area contributed by atoms with Gasteiger partial charge in [0.15, 0.2) is 0 Å². The van der Waals surface area contributed by atoms with E-state index in [1.54, 1.807) is 0 Å². The monoisotopic (exact) mass is 200 g/mol. The lowest BCUT2D eigenvalue weighted by atomic mass is 10.1. The van der Waals surface area contributed by atoms with Crippen LogP contribution >= 0.6 is 0 Å². The SMILES string of the molecule is NCCCCCC(=O)CCCCCN. The van der Waals surface area contributed by atoms with Gasteiger partial charge in [-0.2, -0.15) is 0 Å². The number of rotatable bonds is 10. The van der Waals surface area contributed by atoms with Gasteiger partial charge in [-0.1, -0.05) is 12.8 Å². The van der Waals surface area contributed by atoms with Crippen LogP contribution in [-0.4, -0.2) is 18.9 Å². The van der Waals surface area contributed by atoms with Crippen molar-refractivity contribution in [3.8, 4) is 0 Å². The number of unbranched alkanes of at least 4 members (excludes halogenated alkanes) is 4. The van der Waals surface area contributed by atoms with Gasteiger partial charge in [0.1, 0.15) is 5.78 Å². The molecule has 0 heterocycles. The van der Waals surface area contributed by atoms with Crippen molar-refractivity contribution in [3.05, 3.63) is 0 Å². The van der Waals surface area contributed by atoms with E-state index in [-0.39, 0.29) is 0 Å². The van der Waals surface area contributed by atoms with Crippen molar-refractivity contribution >= 4 is 5.78 Å². The van der Waals surface area contributed by atoms with Crippen LogP contribution in [0.25, 0.3) is 0 Å². The van der Waals surface area contributed by atoms with E-state index in [2.05, 4.69) is 0 Å². The molecule has 0 fully saturated rings. The Hall–Kier alpha value is -0.410. The smallest absolute Gasteiger partial charge is 0.132 e. The number of ketones is 1. The number of carbonyl (C=O) groups is 1. The molecule has 4 N–H and O–H groups in total. The molecule has 0 aromatic carbocycles. The Kier molecular flexibility index (Phi) is 10.4. The molecule has 0 rings (SSSR count). The fourth-order valence-corrected chi connectivity index (χ4v) is 1.41. The molecule has 0 atom stereocenters. The average molecular weight is 200 g/mol. The lowest BCUT2D eigenvalue weighted by Gasteiger charge is -2.00. The number of hydrogen-bond acceptors (Lipinski definition) is 3. The van der Waals surface area contributed by atoms with Gasteiger partial charge in [0.05, 0.1) is 0 Å². The minimum atomic E-state index is 0.402. The molecular formula is C11H24N2O. The number of nitrogens with two attached hydrogens (primary N) is 2. The third-order valence-corrected chi connectivity index (χ3v) is 2.32. The van der Waals surface area contributed by atoms with Crippen LogP contribution in [0.5, 0.6) is 0 Å². The highest BCUT2D eigenvalue weighted by atomic mass is 16.1. The summed E-state index contributed by atoms with van der Waals surface area (Å²) in [5.41, 5.74) is 10.7. The highest BCUT2D eigenvalue weighted by molar-refractivity contribution is 5.78. The van der Waals surface area contributed by atoms with Crippen molar-refractivity contribution in [1.82, 2.24) is 0 Å². The van der Waals surface area contributed by atoms with Gasteiger partial charge in [0.25, 0.3) is 0 Å². The van der Waals surface area contributed by atoms with E-state index in [1.165, 1.54) is 0 Å². The standard InChI is InChI=1S/C11H24N2O/c12-9-5-1-3-7-11(14)8-4-2-6-10-13/h1-10,12-13H2. The van der Waals surface area contributed by atoms with Crippen molar-refractivity contribution in [2.24, 2.45) is 11.5 Å². The van der Waals surface area contributed by atoms with Gasteiger partial charge in [-0.25, -0.2) is 0 Å². The summed E-state index contributed by atoms with van der Waals surface area (Å²) < 4.78 is 0. The molecule has 3 nitrogen and oxygen atoms in total. The van der Waals surface area contributed by atoms with Crippen LogP contribution in [0.2, 0.25) is 0 Å². The van der Waals surface area contributed by atoms with Crippen LogP contribution in [-0.2, 0) is 4.79 Å². The quantitative estimate of drug-likeness (QED) is 0.526. The van der Waals surface area contributed by atoms with Gasteiger partial charge in [0.2, 0.25) is 0 Å². The minimum Gasteiger partial charge on any atom is -0.330 e. The van der Waals surface area contributed by atoms with Crippen LogP contribution < -0.4 is 11.5 Å². The zero-order valence-electron chi connectivity index (χ0n) is 9.13. The van der Waals surface area contributed by atoms with E-state index < -0.39 is 0 Å². The summed E-state index contributed by atoms with van der Waals surface area (Å²) in [4.78, 5) is 11.3. The maximum Gasteiger partial charge on any atom is 0.132 e. The second-order valence-corrected chi connectivity index (χ2v) is 3.74. The third-order valence-electron chi connectivity index (χ3n) is 2.32. The highest BCUT2D eigenvalue weighted by Gasteiger charge is 2.00. The Morgan fingerprint density at radius 3 is 1.50 bits per heavy atom. The number of carbonyl (C=O) groups excluding carboxylic acids is 1. The Morgan fingerprint density at radius 1 is 0.714 bits per heavy atom. The molecule has 0 saturated heterocycles. The van der Waals surface area contributed by atoms with Crippen molar-refractivity contribution in [2.75, 3.05) is 13.1 Å². The maximum absolute atomic E-state index is 11.3. The molecule has 84 valence electrons. The molecule has 0 bridgehead atoms. The van der Waals surface area contributed by atoms with Crippen molar-refractivity contribution in [1.29, 1.82) is 0 Å². The normalized spacial score (nSPS) is 10.4. The Labute approximate surface area is 87.2 Å². The van der Waals surface area contributed by atoms with E-state index >= 15 is 0 Å². The molecule has 14 heavy (non-hydrogen) atoms. The molecule has 0 aromatic rings. The summed E-state index contributed by atoms with van der Waals surface area (Å²) >= 11 is 0. The van der Waals surface area contributed by atoms with Crippen molar-refractivity contribution in [2.45, 2.75) is 51.4 Å². The van der Waals surface area contributed by atoms with E-state index in [0.29, 0.717) is 5.78 Å². The van der Waals surface area contributed by atoms with E-state index in [1.807, 2.05) is 0 Å². The Balaban J connectivity index is 3.11. The van der Waals surface area contributed by atoms with Gasteiger partial charge in [0, 0.05) is 12.8 Å². The maximum atomic E-state index is 11.3. The van der Waals surface area contributed by atoms with Crippen LogP contribution in [0.3, 0.4) is 0 Å². The van der Waals surface area contributed by atoms with Gasteiger partial charge >= 0.3 is 0 Å². The summed E-state index contributed by atoms with van der Waals surface area (Å²) in [6.45, 7) is 1.48. The molecule has 0 spiro atoms.